The van der Waals surface area contributed by atoms with E-state index in [1.54, 1.807) is 13.0 Å². The van der Waals surface area contributed by atoms with E-state index < -0.39 is 6.43 Å². The number of aromatic nitrogens is 1. The molecule has 4 heteroatoms. The van der Waals surface area contributed by atoms with Crippen molar-refractivity contribution < 1.29 is 13.5 Å². The molecule has 0 aromatic carbocycles. The molecule has 0 N–H and O–H groups in total. The smallest absolute Gasteiger partial charge is 0.280 e. The van der Waals surface area contributed by atoms with E-state index in [-0.39, 0.29) is 11.6 Å². The lowest BCUT2D eigenvalue weighted by Crippen LogP contribution is -1.96. The fraction of sp³-hybridized carbons (Fsp3) is 0.375. The lowest BCUT2D eigenvalue weighted by atomic mass is 10.2. The summed E-state index contributed by atoms with van der Waals surface area (Å²) < 4.78 is 29.0. The van der Waals surface area contributed by atoms with Crippen molar-refractivity contribution in [1.29, 1.82) is 0 Å². The van der Waals surface area contributed by atoms with Crippen molar-refractivity contribution in [3.05, 3.63) is 23.4 Å². The summed E-state index contributed by atoms with van der Waals surface area (Å²) in [5.41, 5.74) is 0.499. The molecule has 0 spiro atoms. The van der Waals surface area contributed by atoms with Gasteiger partial charge in [0, 0.05) is 5.56 Å². The summed E-state index contributed by atoms with van der Waals surface area (Å²) in [6.07, 6.45) is -2.54. The van der Waals surface area contributed by atoms with Gasteiger partial charge in [-0.3, -0.25) is 0 Å². The minimum absolute atomic E-state index is 0.252. The number of nitrogens with zero attached hydrogens (tertiary/aromatic N) is 1. The molecule has 66 valence electrons. The molecule has 0 aliphatic carbocycles. The second-order valence-electron chi connectivity index (χ2n) is 2.36. The maximum Gasteiger partial charge on any atom is 0.280 e. The van der Waals surface area contributed by atoms with Crippen LogP contribution in [0.15, 0.2) is 12.1 Å². The minimum Gasteiger partial charge on any atom is -0.481 e. The third kappa shape index (κ3) is 1.69. The molecule has 0 aliphatic heterocycles. The first-order chi connectivity index (χ1) is 5.65. The Morgan fingerprint density at radius 3 is 2.58 bits per heavy atom. The van der Waals surface area contributed by atoms with Gasteiger partial charge in [0.25, 0.3) is 6.43 Å². The van der Waals surface area contributed by atoms with Crippen LogP contribution >= 0.6 is 0 Å². The van der Waals surface area contributed by atoms with Gasteiger partial charge in [-0.05, 0) is 13.0 Å². The lowest BCUT2D eigenvalue weighted by Gasteiger charge is -2.04. The predicted molar refractivity (Wildman–Crippen MR) is 40.5 cm³/mol. The molecule has 2 nitrogen and oxygen atoms in total. The number of aryl methyl sites for hydroxylation is 1. The number of alkyl halides is 2. The average Bonchev–Trinajstić information content (AvgIpc) is 2.05. The van der Waals surface area contributed by atoms with Crippen LogP contribution in [0, 0.1) is 6.92 Å². The monoisotopic (exact) mass is 173 g/mol. The second-order valence-corrected chi connectivity index (χ2v) is 2.36. The molecule has 0 atom stereocenters. The summed E-state index contributed by atoms with van der Waals surface area (Å²) in [5, 5.41) is 0. The fourth-order valence-electron chi connectivity index (χ4n) is 0.853. The van der Waals surface area contributed by atoms with Gasteiger partial charge in [-0.1, -0.05) is 6.07 Å². The van der Waals surface area contributed by atoms with Gasteiger partial charge < -0.3 is 4.74 Å². The predicted octanol–water partition coefficient (Wildman–Crippen LogP) is 2.34. The first-order valence-corrected chi connectivity index (χ1v) is 3.45. The van der Waals surface area contributed by atoms with Crippen molar-refractivity contribution in [2.75, 3.05) is 7.11 Å². The van der Waals surface area contributed by atoms with E-state index in [4.69, 9.17) is 4.74 Å². The molecule has 12 heavy (non-hydrogen) atoms. The van der Waals surface area contributed by atoms with Gasteiger partial charge in [0.15, 0.2) is 0 Å². The summed E-state index contributed by atoms with van der Waals surface area (Å²) in [6, 6.07) is 2.86. The van der Waals surface area contributed by atoms with Crippen molar-refractivity contribution in [1.82, 2.24) is 4.98 Å². The van der Waals surface area contributed by atoms with E-state index in [0.29, 0.717) is 0 Å². The number of methoxy groups -OCH3 is 1. The van der Waals surface area contributed by atoms with Gasteiger partial charge in [-0.15, -0.1) is 0 Å². The Morgan fingerprint density at radius 1 is 1.42 bits per heavy atom. The van der Waals surface area contributed by atoms with Gasteiger partial charge in [-0.2, -0.15) is 0 Å². The zero-order chi connectivity index (χ0) is 9.14. The van der Waals surface area contributed by atoms with E-state index >= 15 is 0 Å². The molecule has 1 aromatic rings. The Balaban J connectivity index is 3.05. The van der Waals surface area contributed by atoms with Crippen LogP contribution in [0.1, 0.15) is 17.7 Å². The molecule has 0 radical (unpaired) electrons. The van der Waals surface area contributed by atoms with Gasteiger partial charge in [-0.25, -0.2) is 13.8 Å². The first kappa shape index (κ1) is 8.90. The van der Waals surface area contributed by atoms with E-state index in [2.05, 4.69) is 4.98 Å². The summed E-state index contributed by atoms with van der Waals surface area (Å²) in [6.45, 7) is 1.75. The molecule has 1 aromatic heterocycles. The van der Waals surface area contributed by atoms with E-state index in [0.717, 1.165) is 5.56 Å². The highest BCUT2D eigenvalue weighted by molar-refractivity contribution is 5.26. The van der Waals surface area contributed by atoms with Crippen LogP contribution in [0.25, 0.3) is 0 Å². The molecule has 0 saturated carbocycles. The van der Waals surface area contributed by atoms with Crippen molar-refractivity contribution >= 4 is 0 Å². The fourth-order valence-corrected chi connectivity index (χ4v) is 0.853. The van der Waals surface area contributed by atoms with Crippen LogP contribution in [0.3, 0.4) is 0 Å². The molecule has 1 rings (SSSR count). The number of hydrogen-bond donors (Lipinski definition) is 0. The summed E-state index contributed by atoms with van der Waals surface area (Å²) >= 11 is 0. The van der Waals surface area contributed by atoms with E-state index in [9.17, 15) is 8.78 Å². The van der Waals surface area contributed by atoms with Crippen LogP contribution in [0.2, 0.25) is 0 Å². The Morgan fingerprint density at radius 2 is 2.08 bits per heavy atom. The Labute approximate surface area is 69.2 Å². The molecule has 0 amide bonds. The number of halogens is 2. The van der Waals surface area contributed by atoms with Gasteiger partial charge in [0.1, 0.15) is 5.69 Å². The third-order valence-electron chi connectivity index (χ3n) is 1.49. The summed E-state index contributed by atoms with van der Waals surface area (Å²) in [5.74, 6) is 0.257. The lowest BCUT2D eigenvalue weighted by molar-refractivity contribution is 0.145. The highest BCUT2D eigenvalue weighted by Crippen LogP contribution is 2.21. The minimum atomic E-state index is -2.54. The third-order valence-corrected chi connectivity index (χ3v) is 1.49. The maximum atomic E-state index is 12.1. The Hall–Kier alpha value is -1.19. The standard InChI is InChI=1S/C8H9F2NO/c1-5-3-4-6(7(9)10)11-8(5)12-2/h3-4,7H,1-2H3. The van der Waals surface area contributed by atoms with Crippen LogP contribution in [0.5, 0.6) is 5.88 Å². The van der Waals surface area contributed by atoms with E-state index in [1.165, 1.54) is 13.2 Å². The van der Waals surface area contributed by atoms with Crippen LogP contribution < -0.4 is 4.74 Å². The van der Waals surface area contributed by atoms with Crippen molar-refractivity contribution in [3.8, 4) is 5.88 Å². The highest BCUT2D eigenvalue weighted by Gasteiger charge is 2.10. The molecular weight excluding hydrogens is 164 g/mol. The summed E-state index contributed by atoms with van der Waals surface area (Å²) in [4.78, 5) is 3.62. The topological polar surface area (TPSA) is 22.1 Å². The molecule has 0 unspecified atom stereocenters. The van der Waals surface area contributed by atoms with Gasteiger partial charge in [0.05, 0.1) is 7.11 Å². The van der Waals surface area contributed by atoms with E-state index in [1.807, 2.05) is 0 Å². The van der Waals surface area contributed by atoms with Crippen LogP contribution in [-0.2, 0) is 0 Å². The molecule has 0 aliphatic rings. The largest absolute Gasteiger partial charge is 0.481 e. The molecule has 1 heterocycles. The molecular formula is C8H9F2NO. The summed E-state index contributed by atoms with van der Waals surface area (Å²) in [7, 11) is 1.41. The first-order valence-electron chi connectivity index (χ1n) is 3.45. The van der Waals surface area contributed by atoms with Crippen LogP contribution in [-0.4, -0.2) is 12.1 Å². The number of ether oxygens (including phenoxy) is 1. The second kappa shape index (κ2) is 3.47. The number of pyridine rings is 1. The SMILES string of the molecule is COc1nc(C(F)F)ccc1C. The van der Waals surface area contributed by atoms with Gasteiger partial charge in [0.2, 0.25) is 5.88 Å². The maximum absolute atomic E-state index is 12.1. The van der Waals surface area contributed by atoms with Gasteiger partial charge >= 0.3 is 0 Å². The molecule has 0 fully saturated rings. The average molecular weight is 173 g/mol. The van der Waals surface area contributed by atoms with Crippen LogP contribution in [0.4, 0.5) is 8.78 Å². The van der Waals surface area contributed by atoms with Crippen molar-refractivity contribution in [2.24, 2.45) is 0 Å². The Bertz CT molecular complexity index is 276. The Kier molecular flexibility index (Phi) is 2.58. The highest BCUT2D eigenvalue weighted by atomic mass is 19.3. The van der Waals surface area contributed by atoms with Crippen molar-refractivity contribution in [2.45, 2.75) is 13.3 Å². The van der Waals surface area contributed by atoms with Crippen molar-refractivity contribution in [3.63, 3.8) is 0 Å². The number of rotatable bonds is 2. The molecule has 0 bridgehead atoms. The zero-order valence-electron chi connectivity index (χ0n) is 6.84. The normalized spacial score (nSPS) is 10.4. The molecule has 0 saturated heterocycles. The quantitative estimate of drug-likeness (QED) is 0.684. The number of hydrogen-bond acceptors (Lipinski definition) is 2. The zero-order valence-corrected chi connectivity index (χ0v) is 6.84.